The fourth-order valence-electron chi connectivity index (χ4n) is 3.17. The van der Waals surface area contributed by atoms with Crippen molar-refractivity contribution in [2.24, 2.45) is 0 Å². The average molecular weight is 461 g/mol. The van der Waals surface area contributed by atoms with Crippen molar-refractivity contribution in [3.63, 3.8) is 0 Å². The lowest BCUT2D eigenvalue weighted by molar-refractivity contribution is -0.142. The summed E-state index contributed by atoms with van der Waals surface area (Å²) < 4.78 is 40.2. The number of sulfonamides is 1. The van der Waals surface area contributed by atoms with Gasteiger partial charge in [0, 0.05) is 13.0 Å². The second-order valence-electron chi connectivity index (χ2n) is 6.56. The fraction of sp³-hybridized carbons (Fsp3) is 0.333. The molecule has 0 spiro atoms. The SMILES string of the molecule is O=C(O)[C@H](Cc1ccc(F)cc1)NC(=O)[C@@H]1CCCN1S(=O)(=O)c1ccc(Cl)s1. The fourth-order valence-corrected chi connectivity index (χ4v) is 6.43. The lowest BCUT2D eigenvalue weighted by atomic mass is 10.1. The molecule has 0 aliphatic carbocycles. The third-order valence-corrected chi connectivity index (χ3v) is 8.19. The van der Waals surface area contributed by atoms with Crippen LogP contribution in [-0.4, -0.2) is 48.3 Å². The van der Waals surface area contributed by atoms with Crippen molar-refractivity contribution in [2.75, 3.05) is 6.54 Å². The first kappa shape index (κ1) is 21.7. The van der Waals surface area contributed by atoms with Gasteiger partial charge in [0.2, 0.25) is 5.91 Å². The maximum Gasteiger partial charge on any atom is 0.326 e. The summed E-state index contributed by atoms with van der Waals surface area (Å²) in [6.45, 7) is 0.158. The number of carbonyl (C=O) groups excluding carboxylic acids is 1. The number of hydrogen-bond acceptors (Lipinski definition) is 5. The molecular weight excluding hydrogens is 443 g/mol. The van der Waals surface area contributed by atoms with Crippen LogP contribution in [0.15, 0.2) is 40.6 Å². The number of halogens is 2. The quantitative estimate of drug-likeness (QED) is 0.660. The number of aliphatic carboxylic acids is 1. The van der Waals surface area contributed by atoms with Crippen LogP contribution in [0.2, 0.25) is 4.34 Å². The van der Waals surface area contributed by atoms with Crippen molar-refractivity contribution in [3.8, 4) is 0 Å². The van der Waals surface area contributed by atoms with Crippen molar-refractivity contribution < 1.29 is 27.5 Å². The van der Waals surface area contributed by atoms with Crippen LogP contribution in [0.5, 0.6) is 0 Å². The van der Waals surface area contributed by atoms with Crippen LogP contribution in [0.1, 0.15) is 18.4 Å². The van der Waals surface area contributed by atoms with Crippen molar-refractivity contribution >= 4 is 44.8 Å². The Morgan fingerprint density at radius 3 is 2.55 bits per heavy atom. The summed E-state index contributed by atoms with van der Waals surface area (Å²) in [4.78, 5) is 24.3. The number of nitrogens with one attached hydrogen (secondary N) is 1. The number of carbonyl (C=O) groups is 2. The maximum atomic E-state index is 13.0. The molecule has 7 nitrogen and oxygen atoms in total. The Morgan fingerprint density at radius 2 is 1.97 bits per heavy atom. The number of hydrogen-bond donors (Lipinski definition) is 2. The highest BCUT2D eigenvalue weighted by Gasteiger charge is 2.41. The molecule has 1 aromatic carbocycles. The molecule has 29 heavy (non-hydrogen) atoms. The number of carboxylic acids is 1. The summed E-state index contributed by atoms with van der Waals surface area (Å²) in [5, 5.41) is 11.9. The molecule has 156 valence electrons. The molecule has 1 aromatic heterocycles. The van der Waals surface area contributed by atoms with Crippen LogP contribution in [0.3, 0.4) is 0 Å². The van der Waals surface area contributed by atoms with Crippen LogP contribution in [-0.2, 0) is 26.0 Å². The van der Waals surface area contributed by atoms with E-state index < -0.39 is 39.8 Å². The molecule has 2 aromatic rings. The first-order valence-electron chi connectivity index (χ1n) is 8.73. The maximum absolute atomic E-state index is 13.0. The third kappa shape index (κ3) is 4.95. The van der Waals surface area contributed by atoms with Crippen LogP contribution < -0.4 is 5.32 Å². The van der Waals surface area contributed by atoms with Gasteiger partial charge in [-0.2, -0.15) is 4.31 Å². The summed E-state index contributed by atoms with van der Waals surface area (Å²) in [5.74, 6) is -2.39. The second-order valence-corrected chi connectivity index (χ2v) is 10.4. The van der Waals surface area contributed by atoms with Gasteiger partial charge in [0.25, 0.3) is 10.0 Å². The van der Waals surface area contributed by atoms with Gasteiger partial charge in [-0.05, 0) is 42.7 Å². The lowest BCUT2D eigenvalue weighted by Crippen LogP contribution is -2.51. The number of amides is 1. The van der Waals surface area contributed by atoms with E-state index in [2.05, 4.69) is 5.32 Å². The van der Waals surface area contributed by atoms with Crippen molar-refractivity contribution in [2.45, 2.75) is 35.6 Å². The van der Waals surface area contributed by atoms with E-state index in [0.29, 0.717) is 16.3 Å². The van der Waals surface area contributed by atoms with Gasteiger partial charge in [-0.25, -0.2) is 17.6 Å². The number of nitrogens with zero attached hydrogens (tertiary/aromatic N) is 1. The third-order valence-electron chi connectivity index (χ3n) is 4.59. The predicted octanol–water partition coefficient (Wildman–Crippen LogP) is 2.51. The molecule has 1 aliphatic heterocycles. The van der Waals surface area contributed by atoms with E-state index in [9.17, 15) is 27.5 Å². The molecular formula is C18H18ClFN2O5S2. The van der Waals surface area contributed by atoms with E-state index in [0.717, 1.165) is 15.6 Å². The lowest BCUT2D eigenvalue weighted by Gasteiger charge is -2.24. The Hall–Kier alpha value is -2.01. The van der Waals surface area contributed by atoms with Gasteiger partial charge in [-0.3, -0.25) is 4.79 Å². The van der Waals surface area contributed by atoms with Crippen LogP contribution >= 0.6 is 22.9 Å². The van der Waals surface area contributed by atoms with Crippen molar-refractivity contribution in [3.05, 3.63) is 52.1 Å². The average Bonchev–Trinajstić information content (AvgIpc) is 3.32. The topological polar surface area (TPSA) is 104 Å². The molecule has 2 heterocycles. The highest BCUT2D eigenvalue weighted by Crippen LogP contribution is 2.32. The van der Waals surface area contributed by atoms with Gasteiger partial charge >= 0.3 is 5.97 Å². The molecule has 0 bridgehead atoms. The minimum Gasteiger partial charge on any atom is -0.480 e. The summed E-state index contributed by atoms with van der Waals surface area (Å²) in [6, 6.07) is 5.85. The molecule has 11 heteroatoms. The Morgan fingerprint density at radius 1 is 1.28 bits per heavy atom. The number of rotatable bonds is 7. The molecule has 1 amide bonds. The molecule has 2 N–H and O–H groups in total. The van der Waals surface area contributed by atoms with Gasteiger partial charge in [0.15, 0.2) is 0 Å². The first-order chi connectivity index (χ1) is 13.7. The van der Waals surface area contributed by atoms with Gasteiger partial charge in [0.1, 0.15) is 22.1 Å². The summed E-state index contributed by atoms with van der Waals surface area (Å²) in [5.41, 5.74) is 0.531. The second kappa shape index (κ2) is 8.78. The minimum atomic E-state index is -3.91. The van der Waals surface area contributed by atoms with Crippen LogP contribution in [0.4, 0.5) is 4.39 Å². The molecule has 1 fully saturated rings. The molecule has 0 radical (unpaired) electrons. The molecule has 1 saturated heterocycles. The number of benzene rings is 1. The van der Waals surface area contributed by atoms with E-state index in [-0.39, 0.29) is 23.6 Å². The zero-order valence-corrected chi connectivity index (χ0v) is 17.4. The van der Waals surface area contributed by atoms with Gasteiger partial charge in [-0.1, -0.05) is 23.7 Å². The Kier molecular flexibility index (Phi) is 6.57. The highest BCUT2D eigenvalue weighted by molar-refractivity contribution is 7.91. The van der Waals surface area contributed by atoms with Crippen molar-refractivity contribution in [1.29, 1.82) is 0 Å². The zero-order valence-electron chi connectivity index (χ0n) is 15.0. The van der Waals surface area contributed by atoms with E-state index in [1.165, 1.54) is 36.4 Å². The molecule has 1 aliphatic rings. The van der Waals surface area contributed by atoms with Gasteiger partial charge in [0.05, 0.1) is 4.34 Å². The van der Waals surface area contributed by atoms with E-state index >= 15 is 0 Å². The van der Waals surface area contributed by atoms with E-state index in [1.807, 2.05) is 0 Å². The molecule has 0 saturated carbocycles. The molecule has 2 atom stereocenters. The smallest absolute Gasteiger partial charge is 0.326 e. The monoisotopic (exact) mass is 460 g/mol. The van der Waals surface area contributed by atoms with Crippen LogP contribution in [0, 0.1) is 5.82 Å². The van der Waals surface area contributed by atoms with Gasteiger partial charge in [-0.15, -0.1) is 11.3 Å². The number of thiophene rings is 1. The molecule has 0 unspecified atom stereocenters. The first-order valence-corrected chi connectivity index (χ1v) is 11.4. The summed E-state index contributed by atoms with van der Waals surface area (Å²) >= 11 is 6.73. The Balaban J connectivity index is 1.75. The normalized spacial score (nSPS) is 18.5. The Bertz CT molecular complexity index is 1010. The van der Waals surface area contributed by atoms with Crippen LogP contribution in [0.25, 0.3) is 0 Å². The number of carboxylic acid groups (broad SMARTS) is 1. The zero-order chi connectivity index (χ0) is 21.2. The summed E-state index contributed by atoms with van der Waals surface area (Å²) in [6.07, 6.45) is 0.709. The standard InChI is InChI=1S/C18H18ClFN2O5S2/c19-15-7-8-16(28-15)29(26,27)22-9-1-2-14(22)17(23)21-13(18(24)25)10-11-3-5-12(20)6-4-11/h3-8,13-14H,1-2,9-10H2,(H,21,23)(H,24,25)/t13-,14-/m0/s1. The van der Waals surface area contributed by atoms with Crippen molar-refractivity contribution in [1.82, 2.24) is 9.62 Å². The largest absolute Gasteiger partial charge is 0.480 e. The molecule has 3 rings (SSSR count). The minimum absolute atomic E-state index is 0.0308. The predicted molar refractivity (Wildman–Crippen MR) is 106 cm³/mol. The van der Waals surface area contributed by atoms with E-state index in [1.54, 1.807) is 0 Å². The Labute approximate surface area is 176 Å². The highest BCUT2D eigenvalue weighted by atomic mass is 35.5. The van der Waals surface area contributed by atoms with Gasteiger partial charge < -0.3 is 10.4 Å². The van der Waals surface area contributed by atoms with E-state index in [4.69, 9.17) is 11.6 Å². The summed E-state index contributed by atoms with van der Waals surface area (Å²) in [7, 11) is -3.91.